The Morgan fingerprint density at radius 2 is 2.27 bits per heavy atom. The van der Waals surface area contributed by atoms with Gasteiger partial charge < -0.3 is 10.2 Å². The average Bonchev–Trinajstić information content (AvgIpc) is 2.16. The van der Waals surface area contributed by atoms with Crippen LogP contribution in [0, 0.1) is 0 Å². The van der Waals surface area contributed by atoms with Gasteiger partial charge in [0.15, 0.2) is 0 Å². The highest BCUT2D eigenvalue weighted by molar-refractivity contribution is 5.92. The van der Waals surface area contributed by atoms with E-state index in [-0.39, 0.29) is 5.56 Å². The van der Waals surface area contributed by atoms with Crippen molar-refractivity contribution in [3.63, 3.8) is 0 Å². The molecule has 0 aliphatic heterocycles. The summed E-state index contributed by atoms with van der Waals surface area (Å²) >= 11 is 0. The molecule has 3 heteroatoms. The second-order valence-electron chi connectivity index (χ2n) is 3.44. The number of carbonyl (C=O) groups is 1. The first kappa shape index (κ1) is 11.5. The lowest BCUT2D eigenvalue weighted by molar-refractivity contribution is 0.0696. The smallest absolute Gasteiger partial charge is 0.336 e. The highest BCUT2D eigenvalue weighted by atomic mass is 16.4. The van der Waals surface area contributed by atoms with Crippen molar-refractivity contribution in [1.82, 2.24) is 0 Å². The quantitative estimate of drug-likeness (QED) is 0.791. The van der Waals surface area contributed by atoms with Crippen LogP contribution in [0.1, 0.15) is 28.4 Å². The molecule has 3 nitrogen and oxygen atoms in total. The molecule has 1 unspecified atom stereocenters. The molecule has 1 rings (SSSR count). The molecule has 2 N–H and O–H groups in total. The minimum Gasteiger partial charge on any atom is -0.478 e. The molecule has 0 aliphatic rings. The summed E-state index contributed by atoms with van der Waals surface area (Å²) in [6.45, 7) is 5.26. The Morgan fingerprint density at radius 3 is 2.73 bits per heavy atom. The zero-order chi connectivity index (χ0) is 11.4. The first-order valence-corrected chi connectivity index (χ1v) is 4.72. The van der Waals surface area contributed by atoms with Crippen molar-refractivity contribution in [2.75, 3.05) is 0 Å². The first-order valence-electron chi connectivity index (χ1n) is 4.72. The molecule has 1 atom stereocenters. The maximum Gasteiger partial charge on any atom is 0.336 e. The average molecular weight is 206 g/mol. The van der Waals surface area contributed by atoms with Crippen molar-refractivity contribution in [2.24, 2.45) is 0 Å². The van der Waals surface area contributed by atoms with Crippen molar-refractivity contribution in [3.05, 3.63) is 41.5 Å². The van der Waals surface area contributed by atoms with Crippen LogP contribution < -0.4 is 0 Å². The third-order valence-corrected chi connectivity index (χ3v) is 2.15. The van der Waals surface area contributed by atoms with E-state index in [1.807, 2.05) is 0 Å². The van der Waals surface area contributed by atoms with Gasteiger partial charge in [-0.3, -0.25) is 0 Å². The Hall–Kier alpha value is -1.61. The maximum atomic E-state index is 10.9. The Kier molecular flexibility index (Phi) is 3.63. The maximum absolute atomic E-state index is 10.9. The fourth-order valence-corrected chi connectivity index (χ4v) is 1.54. The van der Waals surface area contributed by atoms with Crippen molar-refractivity contribution in [2.45, 2.75) is 19.4 Å². The standard InChI is InChI=1S/C12H14O3/c1-3-10-9(7-8(2)13)5-4-6-11(10)12(14)15/h3-6,8,13H,1,7H2,2H3,(H,14,15). The molecule has 0 amide bonds. The molecule has 0 saturated heterocycles. The highest BCUT2D eigenvalue weighted by Crippen LogP contribution is 2.18. The number of carboxylic acids is 1. The van der Waals surface area contributed by atoms with Gasteiger partial charge in [0.05, 0.1) is 11.7 Å². The van der Waals surface area contributed by atoms with Crippen LogP contribution in [0.5, 0.6) is 0 Å². The van der Waals surface area contributed by atoms with Crippen LogP contribution in [0.15, 0.2) is 24.8 Å². The summed E-state index contributed by atoms with van der Waals surface area (Å²) in [6.07, 6.45) is 1.46. The molecule has 0 fully saturated rings. The molecule has 1 aromatic carbocycles. The normalized spacial score (nSPS) is 12.1. The Balaban J connectivity index is 3.22. The van der Waals surface area contributed by atoms with Gasteiger partial charge in [-0.25, -0.2) is 4.79 Å². The summed E-state index contributed by atoms with van der Waals surface area (Å²) in [7, 11) is 0. The molecule has 1 aromatic rings. The Bertz CT molecular complexity index is 380. The van der Waals surface area contributed by atoms with Crippen molar-refractivity contribution in [3.8, 4) is 0 Å². The van der Waals surface area contributed by atoms with Gasteiger partial charge in [0.1, 0.15) is 0 Å². The van der Waals surface area contributed by atoms with Crippen LogP contribution in [0.3, 0.4) is 0 Å². The fraction of sp³-hybridized carbons (Fsp3) is 0.250. The van der Waals surface area contributed by atoms with Crippen LogP contribution >= 0.6 is 0 Å². The van der Waals surface area contributed by atoms with E-state index in [0.29, 0.717) is 12.0 Å². The van der Waals surface area contributed by atoms with Gasteiger partial charge in [0.2, 0.25) is 0 Å². The molecule has 15 heavy (non-hydrogen) atoms. The summed E-state index contributed by atoms with van der Waals surface area (Å²) < 4.78 is 0. The van der Waals surface area contributed by atoms with E-state index in [0.717, 1.165) is 5.56 Å². The molecule has 0 aliphatic carbocycles. The Labute approximate surface area is 88.7 Å². The van der Waals surface area contributed by atoms with Gasteiger partial charge in [0.25, 0.3) is 0 Å². The van der Waals surface area contributed by atoms with Crippen LogP contribution in [0.2, 0.25) is 0 Å². The van der Waals surface area contributed by atoms with Crippen molar-refractivity contribution < 1.29 is 15.0 Å². The number of aliphatic hydroxyl groups excluding tert-OH is 1. The minimum absolute atomic E-state index is 0.225. The van der Waals surface area contributed by atoms with Crippen LogP contribution in [-0.2, 0) is 6.42 Å². The van der Waals surface area contributed by atoms with Gasteiger partial charge in [-0.05, 0) is 30.5 Å². The van der Waals surface area contributed by atoms with E-state index >= 15 is 0 Å². The highest BCUT2D eigenvalue weighted by Gasteiger charge is 2.12. The minimum atomic E-state index is -0.975. The lowest BCUT2D eigenvalue weighted by Crippen LogP contribution is -2.08. The number of carboxylic acid groups (broad SMARTS) is 1. The number of hydrogen-bond donors (Lipinski definition) is 2. The fourth-order valence-electron chi connectivity index (χ4n) is 1.54. The SMILES string of the molecule is C=Cc1c(CC(C)O)cccc1C(=O)O. The molecule has 0 heterocycles. The van der Waals surface area contributed by atoms with Crippen LogP contribution in [-0.4, -0.2) is 22.3 Å². The van der Waals surface area contributed by atoms with Crippen LogP contribution in [0.4, 0.5) is 0 Å². The molecule has 0 aromatic heterocycles. The van der Waals surface area contributed by atoms with Crippen LogP contribution in [0.25, 0.3) is 6.08 Å². The predicted octanol–water partition coefficient (Wildman–Crippen LogP) is 1.95. The third-order valence-electron chi connectivity index (χ3n) is 2.15. The molecule has 0 saturated carbocycles. The summed E-state index contributed by atoms with van der Waals surface area (Å²) in [6, 6.07) is 5.01. The van der Waals surface area contributed by atoms with E-state index in [4.69, 9.17) is 5.11 Å². The second kappa shape index (κ2) is 4.75. The lowest BCUT2D eigenvalue weighted by Gasteiger charge is -2.10. The summed E-state index contributed by atoms with van der Waals surface area (Å²) in [5.74, 6) is -0.975. The summed E-state index contributed by atoms with van der Waals surface area (Å²) in [5.41, 5.74) is 1.62. The van der Waals surface area contributed by atoms with Gasteiger partial charge in [0, 0.05) is 0 Å². The van der Waals surface area contributed by atoms with E-state index in [1.54, 1.807) is 19.1 Å². The zero-order valence-corrected chi connectivity index (χ0v) is 8.60. The molecule has 0 bridgehead atoms. The zero-order valence-electron chi connectivity index (χ0n) is 8.60. The van der Waals surface area contributed by atoms with Gasteiger partial charge in [-0.2, -0.15) is 0 Å². The number of aromatic carboxylic acids is 1. The number of hydrogen-bond acceptors (Lipinski definition) is 2. The molecular formula is C12H14O3. The third kappa shape index (κ3) is 2.67. The largest absolute Gasteiger partial charge is 0.478 e. The molecule has 0 spiro atoms. The van der Waals surface area contributed by atoms with E-state index < -0.39 is 12.1 Å². The predicted molar refractivity (Wildman–Crippen MR) is 58.9 cm³/mol. The molecular weight excluding hydrogens is 192 g/mol. The van der Waals surface area contributed by atoms with Gasteiger partial charge in [-0.1, -0.05) is 24.8 Å². The summed E-state index contributed by atoms with van der Waals surface area (Å²) in [5, 5.41) is 18.2. The van der Waals surface area contributed by atoms with Gasteiger partial charge >= 0.3 is 5.97 Å². The molecule has 80 valence electrons. The Morgan fingerprint density at radius 1 is 1.60 bits per heavy atom. The second-order valence-corrected chi connectivity index (χ2v) is 3.44. The van der Waals surface area contributed by atoms with E-state index in [9.17, 15) is 9.90 Å². The number of rotatable bonds is 4. The van der Waals surface area contributed by atoms with Crippen molar-refractivity contribution in [1.29, 1.82) is 0 Å². The van der Waals surface area contributed by atoms with E-state index in [1.165, 1.54) is 12.1 Å². The monoisotopic (exact) mass is 206 g/mol. The number of benzene rings is 1. The summed E-state index contributed by atoms with van der Waals surface area (Å²) in [4.78, 5) is 10.9. The van der Waals surface area contributed by atoms with Crippen molar-refractivity contribution >= 4 is 12.0 Å². The molecule has 0 radical (unpaired) electrons. The first-order chi connectivity index (χ1) is 7.06. The van der Waals surface area contributed by atoms with Gasteiger partial charge in [-0.15, -0.1) is 0 Å². The topological polar surface area (TPSA) is 57.5 Å². The lowest BCUT2D eigenvalue weighted by atomic mass is 9.97. The number of aliphatic hydroxyl groups is 1. The van der Waals surface area contributed by atoms with E-state index in [2.05, 4.69) is 6.58 Å².